The number of nitro groups is 1. The number of ether oxygens (including phenoxy) is 1. The number of nitro benzene ring substituents is 1. The smallest absolute Gasteiger partial charge is 0.325 e. The maximum absolute atomic E-state index is 11.6. The van der Waals surface area contributed by atoms with Gasteiger partial charge in [0.25, 0.3) is 5.69 Å². The van der Waals surface area contributed by atoms with E-state index in [1.165, 1.54) is 6.07 Å². The number of nitrogens with zero attached hydrogens (tertiary/aromatic N) is 2. The molecular weight excluding hydrogens is 328 g/mol. The van der Waals surface area contributed by atoms with Crippen molar-refractivity contribution in [3.63, 3.8) is 0 Å². The van der Waals surface area contributed by atoms with Crippen LogP contribution < -0.4 is 4.90 Å². The Morgan fingerprint density at radius 1 is 1.45 bits per heavy atom. The molecule has 0 N–H and O–H groups in total. The second-order valence-corrected chi connectivity index (χ2v) is 5.03. The van der Waals surface area contributed by atoms with E-state index in [2.05, 4.69) is 15.9 Å². The third-order valence-electron chi connectivity index (χ3n) is 2.59. The fourth-order valence-corrected chi connectivity index (χ4v) is 2.17. The number of anilines is 1. The number of rotatable bonds is 7. The zero-order valence-electron chi connectivity index (χ0n) is 11.5. The molecule has 0 aliphatic carbocycles. The van der Waals surface area contributed by atoms with Crippen LogP contribution in [0, 0.1) is 10.1 Å². The van der Waals surface area contributed by atoms with Crippen LogP contribution in [-0.4, -0.2) is 30.6 Å². The van der Waals surface area contributed by atoms with Crippen LogP contribution >= 0.6 is 15.9 Å². The maximum atomic E-state index is 11.6. The molecule has 1 aromatic rings. The van der Waals surface area contributed by atoms with Gasteiger partial charge in [0.2, 0.25) is 0 Å². The largest absolute Gasteiger partial charge is 0.465 e. The molecular formula is C13H17BrN2O4. The SMILES string of the molecule is CCCN(CC(=O)OCC)c1cc(Br)ccc1[N+](=O)[O-]. The average molecular weight is 345 g/mol. The van der Waals surface area contributed by atoms with E-state index in [-0.39, 0.29) is 12.2 Å². The Bertz CT molecular complexity index is 493. The summed E-state index contributed by atoms with van der Waals surface area (Å²) in [4.78, 5) is 23.9. The second kappa shape index (κ2) is 7.84. The molecule has 0 unspecified atom stereocenters. The van der Waals surface area contributed by atoms with Crippen LogP contribution in [0.2, 0.25) is 0 Å². The van der Waals surface area contributed by atoms with Gasteiger partial charge in [-0.25, -0.2) is 0 Å². The molecule has 0 radical (unpaired) electrons. The molecule has 7 heteroatoms. The van der Waals surface area contributed by atoms with Crippen molar-refractivity contribution in [1.82, 2.24) is 0 Å². The molecule has 1 aromatic carbocycles. The predicted molar refractivity (Wildman–Crippen MR) is 79.9 cm³/mol. The standard InChI is InChI=1S/C13H17BrN2O4/c1-3-7-15(9-13(17)20-4-2)12-8-10(14)5-6-11(12)16(18)19/h5-6,8H,3-4,7,9H2,1-2H3. The summed E-state index contributed by atoms with van der Waals surface area (Å²) in [7, 11) is 0. The first kappa shape index (κ1) is 16.4. The molecule has 0 fully saturated rings. The maximum Gasteiger partial charge on any atom is 0.325 e. The molecule has 110 valence electrons. The molecule has 0 spiro atoms. The number of esters is 1. The molecule has 0 heterocycles. The molecule has 0 saturated heterocycles. The van der Waals surface area contributed by atoms with E-state index in [4.69, 9.17) is 4.74 Å². The van der Waals surface area contributed by atoms with E-state index in [0.29, 0.717) is 18.8 Å². The van der Waals surface area contributed by atoms with Gasteiger partial charge in [-0.05, 0) is 25.5 Å². The Morgan fingerprint density at radius 2 is 2.15 bits per heavy atom. The van der Waals surface area contributed by atoms with Crippen molar-refractivity contribution in [1.29, 1.82) is 0 Å². The van der Waals surface area contributed by atoms with Crippen LogP contribution in [0.3, 0.4) is 0 Å². The first-order valence-electron chi connectivity index (χ1n) is 6.34. The summed E-state index contributed by atoms with van der Waals surface area (Å²) in [6, 6.07) is 4.68. The Balaban J connectivity index is 3.09. The summed E-state index contributed by atoms with van der Waals surface area (Å²) in [5.74, 6) is -0.393. The highest BCUT2D eigenvalue weighted by Gasteiger charge is 2.21. The molecule has 0 saturated carbocycles. The van der Waals surface area contributed by atoms with Crippen molar-refractivity contribution in [2.75, 3.05) is 24.6 Å². The van der Waals surface area contributed by atoms with E-state index in [9.17, 15) is 14.9 Å². The van der Waals surface area contributed by atoms with E-state index in [1.807, 2.05) is 6.92 Å². The van der Waals surface area contributed by atoms with Crippen molar-refractivity contribution < 1.29 is 14.5 Å². The van der Waals surface area contributed by atoms with Gasteiger partial charge >= 0.3 is 5.97 Å². The lowest BCUT2D eigenvalue weighted by Gasteiger charge is -2.23. The van der Waals surface area contributed by atoms with Crippen LogP contribution in [-0.2, 0) is 9.53 Å². The monoisotopic (exact) mass is 344 g/mol. The molecule has 0 amide bonds. The van der Waals surface area contributed by atoms with E-state index in [1.54, 1.807) is 24.0 Å². The Hall–Kier alpha value is -1.63. The van der Waals surface area contributed by atoms with Crippen LogP contribution in [0.25, 0.3) is 0 Å². The zero-order chi connectivity index (χ0) is 15.1. The van der Waals surface area contributed by atoms with Crippen LogP contribution in [0.5, 0.6) is 0 Å². The van der Waals surface area contributed by atoms with Gasteiger partial charge in [0.1, 0.15) is 12.2 Å². The summed E-state index contributed by atoms with van der Waals surface area (Å²) in [6.45, 7) is 4.50. The molecule has 0 atom stereocenters. The Labute approximate surface area is 126 Å². The van der Waals surface area contributed by atoms with Gasteiger partial charge in [-0.3, -0.25) is 14.9 Å². The summed E-state index contributed by atoms with van der Waals surface area (Å²) in [5, 5.41) is 11.1. The van der Waals surface area contributed by atoms with Crippen LogP contribution in [0.15, 0.2) is 22.7 Å². The van der Waals surface area contributed by atoms with Gasteiger partial charge in [0.05, 0.1) is 11.5 Å². The number of carbonyl (C=O) groups excluding carboxylic acids is 1. The zero-order valence-corrected chi connectivity index (χ0v) is 13.1. The number of halogens is 1. The summed E-state index contributed by atoms with van der Waals surface area (Å²) in [6.07, 6.45) is 0.767. The highest BCUT2D eigenvalue weighted by Crippen LogP contribution is 2.31. The molecule has 20 heavy (non-hydrogen) atoms. The van der Waals surface area contributed by atoms with Crippen molar-refractivity contribution >= 4 is 33.3 Å². The van der Waals surface area contributed by atoms with Crippen molar-refractivity contribution in [3.8, 4) is 0 Å². The fraction of sp³-hybridized carbons (Fsp3) is 0.462. The summed E-state index contributed by atoms with van der Waals surface area (Å²) in [5.41, 5.74) is 0.394. The Kier molecular flexibility index (Phi) is 6.44. The number of carbonyl (C=O) groups is 1. The topological polar surface area (TPSA) is 72.7 Å². The second-order valence-electron chi connectivity index (χ2n) is 4.12. The fourth-order valence-electron chi connectivity index (χ4n) is 1.82. The lowest BCUT2D eigenvalue weighted by Crippen LogP contribution is -2.32. The number of benzene rings is 1. The lowest BCUT2D eigenvalue weighted by atomic mass is 10.2. The number of hydrogen-bond acceptors (Lipinski definition) is 5. The van der Waals surface area contributed by atoms with Crippen molar-refractivity contribution in [2.45, 2.75) is 20.3 Å². The van der Waals surface area contributed by atoms with Crippen LogP contribution in [0.4, 0.5) is 11.4 Å². The minimum atomic E-state index is -0.449. The molecule has 0 aliphatic heterocycles. The van der Waals surface area contributed by atoms with Gasteiger partial charge in [-0.1, -0.05) is 22.9 Å². The molecule has 0 bridgehead atoms. The van der Waals surface area contributed by atoms with E-state index < -0.39 is 10.9 Å². The van der Waals surface area contributed by atoms with Gasteiger partial charge in [0.15, 0.2) is 0 Å². The first-order valence-corrected chi connectivity index (χ1v) is 7.13. The average Bonchev–Trinajstić information content (AvgIpc) is 2.38. The lowest BCUT2D eigenvalue weighted by molar-refractivity contribution is -0.384. The van der Waals surface area contributed by atoms with Gasteiger partial charge < -0.3 is 9.64 Å². The van der Waals surface area contributed by atoms with Gasteiger partial charge in [-0.15, -0.1) is 0 Å². The highest BCUT2D eigenvalue weighted by molar-refractivity contribution is 9.10. The van der Waals surface area contributed by atoms with Crippen LogP contribution in [0.1, 0.15) is 20.3 Å². The minimum Gasteiger partial charge on any atom is -0.465 e. The third-order valence-corrected chi connectivity index (χ3v) is 3.09. The Morgan fingerprint density at radius 3 is 2.70 bits per heavy atom. The highest BCUT2D eigenvalue weighted by atomic mass is 79.9. The predicted octanol–water partition coefficient (Wildman–Crippen LogP) is 3.14. The summed E-state index contributed by atoms with van der Waals surface area (Å²) >= 11 is 3.30. The van der Waals surface area contributed by atoms with E-state index in [0.717, 1.165) is 10.9 Å². The minimum absolute atomic E-state index is 0.00102. The van der Waals surface area contributed by atoms with Gasteiger partial charge in [0, 0.05) is 17.1 Å². The summed E-state index contributed by atoms with van der Waals surface area (Å²) < 4.78 is 5.63. The van der Waals surface area contributed by atoms with Gasteiger partial charge in [-0.2, -0.15) is 0 Å². The van der Waals surface area contributed by atoms with Crippen molar-refractivity contribution in [2.24, 2.45) is 0 Å². The number of hydrogen-bond donors (Lipinski definition) is 0. The van der Waals surface area contributed by atoms with Crippen molar-refractivity contribution in [3.05, 3.63) is 32.8 Å². The quantitative estimate of drug-likeness (QED) is 0.431. The normalized spacial score (nSPS) is 10.2. The van der Waals surface area contributed by atoms with E-state index >= 15 is 0 Å². The molecule has 0 aromatic heterocycles. The molecule has 1 rings (SSSR count). The molecule has 6 nitrogen and oxygen atoms in total. The third kappa shape index (κ3) is 4.48. The first-order chi connectivity index (χ1) is 9.49. The molecule has 0 aliphatic rings.